The number of hydrogen-bond acceptors (Lipinski definition) is 3. The molecular formula is C35H34IrN2OSi-2. The fourth-order valence-corrected chi connectivity index (χ4v) is 5.69. The number of hydrogen-bond donors (Lipinski definition) is 0. The molecule has 0 fully saturated rings. The first-order valence-corrected chi connectivity index (χ1v) is 16.9. The molecule has 0 atom stereocenters. The van der Waals surface area contributed by atoms with Crippen molar-refractivity contribution < 1.29 is 24.5 Å². The van der Waals surface area contributed by atoms with E-state index in [1.165, 1.54) is 21.7 Å². The molecule has 1 radical (unpaired) electrons. The van der Waals surface area contributed by atoms with Gasteiger partial charge in [-0.2, -0.15) is 0 Å². The monoisotopic (exact) mass is 719 g/mol. The molecule has 0 aliphatic rings. The second-order valence-electron chi connectivity index (χ2n) is 11.3. The maximum absolute atomic E-state index is 6.19. The molecule has 3 heterocycles. The van der Waals surface area contributed by atoms with Gasteiger partial charge in [0.1, 0.15) is 5.58 Å². The van der Waals surface area contributed by atoms with Gasteiger partial charge in [-0.05, 0) is 41.9 Å². The van der Waals surface area contributed by atoms with E-state index in [4.69, 9.17) is 4.42 Å². The minimum atomic E-state index is -1.36. The van der Waals surface area contributed by atoms with Crippen LogP contribution in [0.25, 0.3) is 44.5 Å². The molecule has 3 aromatic heterocycles. The Labute approximate surface area is 252 Å². The van der Waals surface area contributed by atoms with Gasteiger partial charge in [0, 0.05) is 37.9 Å². The summed E-state index contributed by atoms with van der Waals surface area (Å²) in [5.74, 6) is 0.534. The van der Waals surface area contributed by atoms with Gasteiger partial charge < -0.3 is 14.4 Å². The number of nitrogens with zero attached hydrogens (tertiary/aromatic N) is 2. The van der Waals surface area contributed by atoms with Crippen molar-refractivity contribution in [3.63, 3.8) is 0 Å². The quantitative estimate of drug-likeness (QED) is 0.135. The number of fused-ring (bicyclic) bond motifs is 3. The number of aryl methyl sites for hydroxylation is 1. The van der Waals surface area contributed by atoms with Crippen molar-refractivity contribution in [3.05, 3.63) is 115 Å². The summed E-state index contributed by atoms with van der Waals surface area (Å²) in [4.78, 5) is 8.94. The van der Waals surface area contributed by atoms with Crippen LogP contribution < -0.4 is 5.19 Å². The van der Waals surface area contributed by atoms with Gasteiger partial charge in [0.05, 0.1) is 13.7 Å². The first-order valence-electron chi connectivity index (χ1n) is 13.4. The number of pyridine rings is 2. The van der Waals surface area contributed by atoms with Gasteiger partial charge >= 0.3 is 0 Å². The Hall–Kier alpha value is -3.37. The Morgan fingerprint density at radius 1 is 0.800 bits per heavy atom. The third-order valence-electron chi connectivity index (χ3n) is 6.91. The summed E-state index contributed by atoms with van der Waals surface area (Å²) in [6.45, 7) is 13.5. The summed E-state index contributed by atoms with van der Waals surface area (Å²) < 4.78 is 6.19. The van der Waals surface area contributed by atoms with Gasteiger partial charge in [-0.3, -0.25) is 0 Å². The van der Waals surface area contributed by atoms with E-state index in [-0.39, 0.29) is 20.1 Å². The molecule has 0 saturated heterocycles. The third-order valence-corrected chi connectivity index (χ3v) is 8.95. The zero-order valence-electron chi connectivity index (χ0n) is 23.9. The molecule has 0 aliphatic heterocycles. The molecule has 205 valence electrons. The first-order chi connectivity index (χ1) is 18.7. The zero-order chi connectivity index (χ0) is 27.6. The standard InChI is InChI=1S/C21H20NOSi.C14H14N.Ir/c1-14-10-11-22-19(12-14)17-7-5-6-16-18-13-15(24(2,3)4)8-9-20(18)23-21(16)17;1-11(2)13-8-9-14(15-10-13)12-6-4-3-5-7-12;/h5-6,8-13H,1-4H3;3-6,8-11H,1-2H3;/q2*-1;. The van der Waals surface area contributed by atoms with Crippen molar-refractivity contribution in [2.45, 2.75) is 46.3 Å². The van der Waals surface area contributed by atoms with Crippen LogP contribution in [0.2, 0.25) is 19.6 Å². The fraction of sp³-hybridized carbons (Fsp3) is 0.200. The predicted molar refractivity (Wildman–Crippen MR) is 166 cm³/mol. The molecule has 0 bridgehead atoms. The van der Waals surface area contributed by atoms with E-state index in [9.17, 15) is 0 Å². The minimum Gasteiger partial charge on any atom is -0.501 e. The van der Waals surface area contributed by atoms with Gasteiger partial charge in [-0.1, -0.05) is 85.5 Å². The number of aromatic nitrogens is 2. The van der Waals surface area contributed by atoms with Crippen molar-refractivity contribution in [2.24, 2.45) is 0 Å². The van der Waals surface area contributed by atoms with Gasteiger partial charge in [0.15, 0.2) is 0 Å². The van der Waals surface area contributed by atoms with Gasteiger partial charge in [-0.25, -0.2) is 0 Å². The molecule has 3 aromatic carbocycles. The maximum atomic E-state index is 6.19. The van der Waals surface area contributed by atoms with Crippen LogP contribution in [0.3, 0.4) is 0 Å². The van der Waals surface area contributed by atoms with Crippen molar-refractivity contribution in [3.8, 4) is 22.5 Å². The molecule has 0 aliphatic carbocycles. The SMILES string of the molecule is CC(C)c1ccc(-c2[c-]cccc2)nc1.Cc1ccnc(-c2[c-]ccc3c2oc2ccc([Si](C)(C)C)cc23)c1.[Ir]. The predicted octanol–water partition coefficient (Wildman–Crippen LogP) is 8.97. The van der Waals surface area contributed by atoms with Crippen LogP contribution in [-0.2, 0) is 20.1 Å². The van der Waals surface area contributed by atoms with E-state index in [2.05, 4.69) is 105 Å². The topological polar surface area (TPSA) is 38.9 Å². The average Bonchev–Trinajstić information content (AvgIpc) is 3.32. The summed E-state index contributed by atoms with van der Waals surface area (Å²) >= 11 is 0. The second-order valence-corrected chi connectivity index (χ2v) is 16.4. The molecule has 0 unspecified atom stereocenters. The summed E-state index contributed by atoms with van der Waals surface area (Å²) in [5.41, 5.74) is 8.14. The minimum absolute atomic E-state index is 0. The van der Waals surface area contributed by atoms with Crippen LogP contribution in [0.4, 0.5) is 0 Å². The molecule has 0 N–H and O–H groups in total. The molecule has 3 nitrogen and oxygen atoms in total. The number of rotatable bonds is 4. The first kappa shape index (κ1) is 29.6. The Bertz CT molecular complexity index is 1720. The van der Waals surface area contributed by atoms with E-state index in [0.29, 0.717) is 5.92 Å². The summed E-state index contributed by atoms with van der Waals surface area (Å²) in [6.07, 6.45) is 3.78. The normalized spacial score (nSPS) is 11.3. The zero-order valence-corrected chi connectivity index (χ0v) is 27.3. The van der Waals surface area contributed by atoms with E-state index >= 15 is 0 Å². The number of furan rings is 1. The van der Waals surface area contributed by atoms with Crippen molar-refractivity contribution in [2.75, 3.05) is 0 Å². The molecule has 40 heavy (non-hydrogen) atoms. The summed E-state index contributed by atoms with van der Waals surface area (Å²) in [6, 6.07) is 33.3. The van der Waals surface area contributed by atoms with E-state index in [1.54, 1.807) is 0 Å². The molecule has 0 spiro atoms. The third kappa shape index (κ3) is 6.50. The summed E-state index contributed by atoms with van der Waals surface area (Å²) in [5, 5.41) is 3.77. The van der Waals surface area contributed by atoms with Crippen LogP contribution in [-0.4, -0.2) is 18.0 Å². The van der Waals surface area contributed by atoms with Gasteiger partial charge in [0.25, 0.3) is 0 Å². The molecule has 0 saturated carbocycles. The van der Waals surface area contributed by atoms with Crippen LogP contribution in [0, 0.1) is 19.1 Å². The Balaban J connectivity index is 0.000000200. The second kappa shape index (κ2) is 12.4. The molecule has 6 rings (SSSR count). The average molecular weight is 719 g/mol. The largest absolute Gasteiger partial charge is 0.501 e. The fourth-order valence-electron chi connectivity index (χ4n) is 4.53. The van der Waals surface area contributed by atoms with E-state index in [1.807, 2.05) is 48.8 Å². The maximum Gasteiger partial charge on any atom is 0.120 e. The van der Waals surface area contributed by atoms with Crippen molar-refractivity contribution in [1.82, 2.24) is 9.97 Å². The van der Waals surface area contributed by atoms with E-state index in [0.717, 1.165) is 39.1 Å². The Kier molecular flexibility index (Phi) is 9.20. The molecule has 5 heteroatoms. The molecule has 6 aromatic rings. The smallest absolute Gasteiger partial charge is 0.120 e. The van der Waals surface area contributed by atoms with E-state index < -0.39 is 8.07 Å². The Morgan fingerprint density at radius 3 is 2.27 bits per heavy atom. The molecule has 0 amide bonds. The van der Waals surface area contributed by atoms with Crippen molar-refractivity contribution >= 4 is 35.2 Å². The van der Waals surface area contributed by atoms with Crippen molar-refractivity contribution in [1.29, 1.82) is 0 Å². The van der Waals surface area contributed by atoms with Crippen LogP contribution in [0.5, 0.6) is 0 Å². The van der Waals surface area contributed by atoms with Crippen LogP contribution in [0.1, 0.15) is 30.9 Å². The van der Waals surface area contributed by atoms with Gasteiger partial charge in [-0.15, -0.1) is 54.1 Å². The Morgan fingerprint density at radius 2 is 1.62 bits per heavy atom. The van der Waals surface area contributed by atoms with Crippen LogP contribution in [0.15, 0.2) is 95.7 Å². The summed E-state index contributed by atoms with van der Waals surface area (Å²) in [7, 11) is -1.36. The van der Waals surface area contributed by atoms with Crippen LogP contribution >= 0.6 is 0 Å². The number of benzene rings is 3. The van der Waals surface area contributed by atoms with Gasteiger partial charge in [0.2, 0.25) is 0 Å². The molecular weight excluding hydrogens is 685 g/mol.